The Hall–Kier alpha value is -2.68. The number of aliphatic hydroxyl groups excluding tert-OH is 2. The van der Waals surface area contributed by atoms with E-state index in [1.807, 2.05) is 30.3 Å². The molecular weight excluding hydrogens is 428 g/mol. The van der Waals surface area contributed by atoms with Crippen LogP contribution < -0.4 is 10.9 Å². The molecule has 1 aromatic carbocycles. The second kappa shape index (κ2) is 8.45. The Kier molecular flexibility index (Phi) is 5.88. The SMILES string of the molecule is Nc1ncnc2c1c(CCc1ccccc1)nn2[C@@H]1O[C@H](COS(N)(=O)=O)[C@@H](O)[C@H]1O. The molecule has 0 amide bonds. The molecule has 3 aromatic rings. The van der Waals surface area contributed by atoms with E-state index >= 15 is 0 Å². The second-order valence-electron chi connectivity index (χ2n) is 7.16. The summed E-state index contributed by atoms with van der Waals surface area (Å²) in [7, 11) is -4.24. The van der Waals surface area contributed by atoms with Gasteiger partial charge in [0.25, 0.3) is 0 Å². The molecule has 1 aliphatic rings. The monoisotopic (exact) mass is 450 g/mol. The van der Waals surface area contributed by atoms with Gasteiger partial charge in [0.05, 0.1) is 17.7 Å². The molecule has 0 saturated carbocycles. The molecule has 0 aliphatic carbocycles. The van der Waals surface area contributed by atoms with Crippen LogP contribution in [0.1, 0.15) is 17.5 Å². The first kappa shape index (κ1) is 21.5. The number of benzene rings is 1. The summed E-state index contributed by atoms with van der Waals surface area (Å²) in [5, 5.41) is 30.7. The Labute approximate surface area is 177 Å². The predicted molar refractivity (Wildman–Crippen MR) is 109 cm³/mol. The van der Waals surface area contributed by atoms with Gasteiger partial charge in [0, 0.05) is 0 Å². The lowest BCUT2D eigenvalue weighted by Crippen LogP contribution is -2.35. The lowest BCUT2D eigenvalue weighted by atomic mass is 10.1. The van der Waals surface area contributed by atoms with Gasteiger partial charge in [-0.2, -0.15) is 13.5 Å². The molecule has 4 atom stereocenters. The maximum absolute atomic E-state index is 11.0. The molecule has 1 fully saturated rings. The highest BCUT2D eigenvalue weighted by molar-refractivity contribution is 7.84. The quantitative estimate of drug-likeness (QED) is 0.348. The molecule has 166 valence electrons. The summed E-state index contributed by atoms with van der Waals surface area (Å²) in [6.07, 6.45) is -2.68. The van der Waals surface area contributed by atoms with Crippen LogP contribution in [0.25, 0.3) is 11.0 Å². The highest BCUT2D eigenvalue weighted by atomic mass is 32.2. The van der Waals surface area contributed by atoms with Gasteiger partial charge in [0.1, 0.15) is 30.5 Å². The topological polar surface area (TPSA) is 189 Å². The minimum Gasteiger partial charge on any atom is -0.387 e. The Morgan fingerprint density at radius 3 is 2.58 bits per heavy atom. The lowest BCUT2D eigenvalue weighted by molar-refractivity contribution is -0.0528. The van der Waals surface area contributed by atoms with Crippen molar-refractivity contribution in [2.24, 2.45) is 5.14 Å². The zero-order valence-corrected chi connectivity index (χ0v) is 17.1. The predicted octanol–water partition coefficient (Wildman–Crippen LogP) is -0.967. The van der Waals surface area contributed by atoms with E-state index in [0.29, 0.717) is 29.6 Å². The van der Waals surface area contributed by atoms with E-state index in [9.17, 15) is 18.6 Å². The largest absolute Gasteiger partial charge is 0.387 e. The fraction of sp³-hybridized carbons (Fsp3) is 0.389. The first-order chi connectivity index (χ1) is 14.7. The molecule has 0 unspecified atom stereocenters. The van der Waals surface area contributed by atoms with Crippen LogP contribution in [0.5, 0.6) is 0 Å². The van der Waals surface area contributed by atoms with Crippen LogP contribution in [-0.4, -0.2) is 63.3 Å². The summed E-state index contributed by atoms with van der Waals surface area (Å²) in [4.78, 5) is 8.25. The van der Waals surface area contributed by atoms with Gasteiger partial charge in [0.2, 0.25) is 0 Å². The number of nitrogens with two attached hydrogens (primary N) is 2. The zero-order valence-electron chi connectivity index (χ0n) is 16.3. The number of nitrogen functional groups attached to an aromatic ring is 1. The average molecular weight is 450 g/mol. The van der Waals surface area contributed by atoms with Crippen molar-refractivity contribution in [3.8, 4) is 0 Å². The molecule has 2 aromatic heterocycles. The number of ether oxygens (including phenoxy) is 1. The number of aromatic nitrogens is 4. The number of fused-ring (bicyclic) bond motifs is 1. The van der Waals surface area contributed by atoms with E-state index in [-0.39, 0.29) is 5.82 Å². The van der Waals surface area contributed by atoms with E-state index in [1.165, 1.54) is 11.0 Å². The molecule has 12 nitrogen and oxygen atoms in total. The number of hydrogen-bond acceptors (Lipinski definition) is 10. The van der Waals surface area contributed by atoms with Gasteiger partial charge in [-0.1, -0.05) is 30.3 Å². The van der Waals surface area contributed by atoms with Gasteiger partial charge in [-0.3, -0.25) is 4.18 Å². The van der Waals surface area contributed by atoms with E-state index in [4.69, 9.17) is 15.6 Å². The van der Waals surface area contributed by atoms with Crippen molar-refractivity contribution in [1.29, 1.82) is 0 Å². The van der Waals surface area contributed by atoms with Gasteiger partial charge < -0.3 is 20.7 Å². The molecule has 0 bridgehead atoms. The summed E-state index contributed by atoms with van der Waals surface area (Å²) in [5.41, 5.74) is 8.09. The fourth-order valence-corrected chi connectivity index (χ4v) is 3.88. The van der Waals surface area contributed by atoms with Crippen molar-refractivity contribution in [3.63, 3.8) is 0 Å². The van der Waals surface area contributed by atoms with Crippen LogP contribution in [0.4, 0.5) is 5.82 Å². The van der Waals surface area contributed by atoms with Crippen molar-refractivity contribution in [2.75, 3.05) is 12.3 Å². The fourth-order valence-electron chi connectivity index (χ4n) is 3.56. The molecule has 1 aliphatic heterocycles. The molecule has 31 heavy (non-hydrogen) atoms. The van der Waals surface area contributed by atoms with Crippen LogP contribution in [0.15, 0.2) is 36.7 Å². The summed E-state index contributed by atoms with van der Waals surface area (Å²) in [6.45, 7) is -0.565. The first-order valence-electron chi connectivity index (χ1n) is 9.45. The third-order valence-corrected chi connectivity index (χ3v) is 5.52. The minimum absolute atomic E-state index is 0.224. The van der Waals surface area contributed by atoms with Crippen LogP contribution in [0.2, 0.25) is 0 Å². The summed E-state index contributed by atoms with van der Waals surface area (Å²) in [5.74, 6) is 0.224. The standard InChI is InChI=1S/C18H22N6O6S/c19-16-13-11(7-6-10-4-2-1-3-5-10)23-24(17(13)22-9-21-16)18-15(26)14(25)12(30-18)8-29-31(20,27)28/h1-5,9,12,14-15,18,25-26H,6-8H2,(H2,19,21,22)(H2,20,27,28)/t12-,14-,15-,18-/m1/s1. The molecular formula is C18H22N6O6S. The zero-order chi connectivity index (χ0) is 22.2. The Morgan fingerprint density at radius 2 is 1.87 bits per heavy atom. The number of rotatable bonds is 7. The van der Waals surface area contributed by atoms with Gasteiger partial charge in [-0.25, -0.2) is 19.8 Å². The third kappa shape index (κ3) is 4.51. The second-order valence-corrected chi connectivity index (χ2v) is 8.38. The van der Waals surface area contributed by atoms with Gasteiger partial charge in [-0.15, -0.1) is 0 Å². The molecule has 0 radical (unpaired) electrons. The number of nitrogens with zero attached hydrogens (tertiary/aromatic N) is 4. The van der Waals surface area contributed by atoms with Crippen molar-refractivity contribution in [2.45, 2.75) is 37.4 Å². The molecule has 13 heteroatoms. The Morgan fingerprint density at radius 1 is 1.13 bits per heavy atom. The molecule has 3 heterocycles. The number of anilines is 1. The lowest BCUT2D eigenvalue weighted by Gasteiger charge is -2.15. The number of aliphatic hydroxyl groups is 2. The van der Waals surface area contributed by atoms with Crippen LogP contribution in [0.3, 0.4) is 0 Å². The van der Waals surface area contributed by atoms with Crippen LogP contribution >= 0.6 is 0 Å². The van der Waals surface area contributed by atoms with E-state index in [2.05, 4.69) is 19.2 Å². The maximum atomic E-state index is 11.0. The minimum atomic E-state index is -4.24. The highest BCUT2D eigenvalue weighted by Crippen LogP contribution is 2.33. The summed E-state index contributed by atoms with van der Waals surface area (Å²) < 4.78 is 33.5. The van der Waals surface area contributed by atoms with Gasteiger partial charge >= 0.3 is 10.3 Å². The van der Waals surface area contributed by atoms with Crippen LogP contribution in [-0.2, 0) is 32.1 Å². The number of hydrogen-bond donors (Lipinski definition) is 4. The normalized spacial score (nSPS) is 24.1. The van der Waals surface area contributed by atoms with Crippen molar-refractivity contribution < 1.29 is 27.6 Å². The number of aryl methyl sites for hydroxylation is 2. The third-order valence-electron chi connectivity index (χ3n) is 5.06. The van der Waals surface area contributed by atoms with Gasteiger partial charge in [-0.05, 0) is 18.4 Å². The van der Waals surface area contributed by atoms with E-state index in [0.717, 1.165) is 5.56 Å². The van der Waals surface area contributed by atoms with E-state index in [1.54, 1.807) is 0 Å². The first-order valence-corrected chi connectivity index (χ1v) is 10.9. The van der Waals surface area contributed by atoms with Crippen LogP contribution in [0, 0.1) is 0 Å². The average Bonchev–Trinajstić information content (AvgIpc) is 3.24. The molecule has 4 rings (SSSR count). The summed E-state index contributed by atoms with van der Waals surface area (Å²) >= 11 is 0. The molecule has 0 spiro atoms. The van der Waals surface area contributed by atoms with Gasteiger partial charge in [0.15, 0.2) is 11.9 Å². The Balaban J connectivity index is 1.64. The highest BCUT2D eigenvalue weighted by Gasteiger charge is 2.45. The molecule has 1 saturated heterocycles. The van der Waals surface area contributed by atoms with Crippen molar-refractivity contribution >= 4 is 27.2 Å². The smallest absolute Gasteiger partial charge is 0.333 e. The Bertz CT molecular complexity index is 1170. The maximum Gasteiger partial charge on any atom is 0.333 e. The van der Waals surface area contributed by atoms with E-state index < -0.39 is 41.5 Å². The molecule has 6 N–H and O–H groups in total. The van der Waals surface area contributed by atoms with Crippen molar-refractivity contribution in [3.05, 3.63) is 47.9 Å². The summed E-state index contributed by atoms with van der Waals surface area (Å²) in [6, 6.07) is 9.80. The van der Waals surface area contributed by atoms with Crippen molar-refractivity contribution in [1.82, 2.24) is 19.7 Å².